The van der Waals surface area contributed by atoms with Crippen LogP contribution in [0.4, 0.5) is 5.69 Å². The lowest BCUT2D eigenvalue weighted by atomic mass is 9.87. The molecule has 5 heteroatoms. The molecule has 0 aliphatic heterocycles. The van der Waals surface area contributed by atoms with Gasteiger partial charge in [-0.25, -0.2) is 4.98 Å². The topological polar surface area (TPSA) is 65.3 Å². The van der Waals surface area contributed by atoms with Crippen LogP contribution in [0.3, 0.4) is 0 Å². The van der Waals surface area contributed by atoms with E-state index < -0.39 is 4.92 Å². The van der Waals surface area contributed by atoms with Crippen molar-refractivity contribution >= 4 is 5.69 Å². The lowest BCUT2D eigenvalue weighted by molar-refractivity contribution is -0.385. The lowest BCUT2D eigenvalue weighted by Crippen LogP contribution is -2.11. The van der Waals surface area contributed by atoms with E-state index in [1.807, 2.05) is 26.8 Å². The molecule has 0 aliphatic carbocycles. The molecule has 0 spiro atoms. The van der Waals surface area contributed by atoms with E-state index in [4.69, 9.17) is 4.74 Å². The van der Waals surface area contributed by atoms with Crippen LogP contribution in [-0.4, -0.2) is 9.91 Å². The minimum absolute atomic E-state index is 0.0527. The van der Waals surface area contributed by atoms with Crippen molar-refractivity contribution in [3.05, 3.63) is 58.3 Å². The first-order valence-electron chi connectivity index (χ1n) is 6.26. The zero-order valence-electron chi connectivity index (χ0n) is 11.7. The van der Waals surface area contributed by atoms with Crippen molar-refractivity contribution in [1.82, 2.24) is 4.98 Å². The summed E-state index contributed by atoms with van der Waals surface area (Å²) in [5.41, 5.74) is 0.675. The van der Waals surface area contributed by atoms with Gasteiger partial charge in [0.25, 0.3) is 0 Å². The molecule has 2 rings (SSSR count). The first kappa shape index (κ1) is 14.0. The third-order valence-electron chi connectivity index (χ3n) is 2.87. The van der Waals surface area contributed by atoms with Crippen molar-refractivity contribution < 1.29 is 9.66 Å². The van der Waals surface area contributed by atoms with Crippen LogP contribution in [0, 0.1) is 10.1 Å². The van der Waals surface area contributed by atoms with E-state index in [0.717, 1.165) is 5.56 Å². The van der Waals surface area contributed by atoms with E-state index in [2.05, 4.69) is 4.98 Å². The Kier molecular flexibility index (Phi) is 3.70. The zero-order valence-corrected chi connectivity index (χ0v) is 11.7. The van der Waals surface area contributed by atoms with Crippen LogP contribution >= 0.6 is 0 Å². The van der Waals surface area contributed by atoms with Crippen LogP contribution < -0.4 is 4.74 Å². The Bertz CT molecular complexity index is 619. The highest BCUT2D eigenvalue weighted by Crippen LogP contribution is 2.34. The summed E-state index contributed by atoms with van der Waals surface area (Å²) in [6, 6.07) is 10.2. The molecule has 1 aromatic carbocycles. The first-order chi connectivity index (χ1) is 9.38. The van der Waals surface area contributed by atoms with Crippen LogP contribution in [0.25, 0.3) is 0 Å². The van der Waals surface area contributed by atoms with Crippen molar-refractivity contribution in [2.45, 2.75) is 26.2 Å². The Morgan fingerprint density at radius 3 is 2.50 bits per heavy atom. The average molecular weight is 272 g/mol. The standard InChI is InChI=1S/C15H16N2O3/c1-15(2,3)11-7-8-13(12(10-11)17(18)19)20-14-6-4-5-9-16-14/h4-10H,1-3H3. The Balaban J connectivity index is 2.41. The second-order valence-electron chi connectivity index (χ2n) is 5.46. The molecular weight excluding hydrogens is 256 g/mol. The Labute approximate surface area is 117 Å². The third-order valence-corrected chi connectivity index (χ3v) is 2.87. The summed E-state index contributed by atoms with van der Waals surface area (Å²) in [5.74, 6) is 0.529. The number of nitro groups is 1. The smallest absolute Gasteiger partial charge is 0.311 e. The van der Waals surface area contributed by atoms with Gasteiger partial charge in [-0.1, -0.05) is 32.9 Å². The predicted molar refractivity (Wildman–Crippen MR) is 76.1 cm³/mol. The van der Waals surface area contributed by atoms with Crippen LogP contribution in [0.15, 0.2) is 42.6 Å². The van der Waals surface area contributed by atoms with E-state index in [1.165, 1.54) is 0 Å². The van der Waals surface area contributed by atoms with Gasteiger partial charge in [0.05, 0.1) is 4.92 Å². The van der Waals surface area contributed by atoms with E-state index >= 15 is 0 Å². The Morgan fingerprint density at radius 1 is 1.20 bits per heavy atom. The predicted octanol–water partition coefficient (Wildman–Crippen LogP) is 4.08. The van der Waals surface area contributed by atoms with Crippen molar-refractivity contribution in [2.75, 3.05) is 0 Å². The highest BCUT2D eigenvalue weighted by atomic mass is 16.6. The lowest BCUT2D eigenvalue weighted by Gasteiger charge is -2.19. The molecule has 0 amide bonds. The summed E-state index contributed by atoms with van der Waals surface area (Å²) in [7, 11) is 0. The van der Waals surface area contributed by atoms with Gasteiger partial charge in [0.1, 0.15) is 0 Å². The fourth-order valence-electron chi connectivity index (χ4n) is 1.73. The summed E-state index contributed by atoms with van der Waals surface area (Å²) in [6.45, 7) is 6.02. The highest BCUT2D eigenvalue weighted by Gasteiger charge is 2.22. The number of ether oxygens (including phenoxy) is 1. The SMILES string of the molecule is CC(C)(C)c1ccc(Oc2ccccn2)c([N+](=O)[O-])c1. The summed E-state index contributed by atoms with van der Waals surface area (Å²) < 4.78 is 5.49. The monoisotopic (exact) mass is 272 g/mol. The van der Waals surface area contributed by atoms with Crippen LogP contribution in [0.1, 0.15) is 26.3 Å². The quantitative estimate of drug-likeness (QED) is 0.623. The second kappa shape index (κ2) is 5.28. The minimum atomic E-state index is -0.437. The molecule has 0 radical (unpaired) electrons. The van der Waals surface area contributed by atoms with Gasteiger partial charge in [-0.3, -0.25) is 10.1 Å². The molecule has 1 aromatic heterocycles. The Hall–Kier alpha value is -2.43. The number of benzene rings is 1. The first-order valence-corrected chi connectivity index (χ1v) is 6.26. The number of aromatic nitrogens is 1. The Morgan fingerprint density at radius 2 is 1.95 bits per heavy atom. The molecule has 0 atom stereocenters. The minimum Gasteiger partial charge on any atom is -0.432 e. The number of nitrogens with zero attached hydrogens (tertiary/aromatic N) is 2. The third kappa shape index (κ3) is 3.12. The normalized spacial score (nSPS) is 11.2. The van der Waals surface area contributed by atoms with Gasteiger partial charge in [0.2, 0.25) is 11.6 Å². The van der Waals surface area contributed by atoms with Crippen LogP contribution in [0.5, 0.6) is 11.6 Å². The van der Waals surface area contributed by atoms with Crippen molar-refractivity contribution in [2.24, 2.45) is 0 Å². The van der Waals surface area contributed by atoms with Gasteiger partial charge in [0, 0.05) is 18.3 Å². The zero-order chi connectivity index (χ0) is 14.8. The maximum Gasteiger partial charge on any atom is 0.311 e. The highest BCUT2D eigenvalue weighted by molar-refractivity contribution is 5.51. The molecular formula is C15H16N2O3. The van der Waals surface area contributed by atoms with Crippen LogP contribution in [-0.2, 0) is 5.41 Å². The number of pyridine rings is 1. The molecule has 0 aliphatic rings. The van der Waals surface area contributed by atoms with E-state index in [1.54, 1.807) is 36.5 Å². The van der Waals surface area contributed by atoms with Crippen LogP contribution in [0.2, 0.25) is 0 Å². The maximum atomic E-state index is 11.2. The van der Waals surface area contributed by atoms with E-state index in [0.29, 0.717) is 5.88 Å². The summed E-state index contributed by atoms with van der Waals surface area (Å²) in [5, 5.41) is 11.2. The number of hydrogen-bond donors (Lipinski definition) is 0. The molecule has 104 valence electrons. The second-order valence-corrected chi connectivity index (χ2v) is 5.46. The molecule has 5 nitrogen and oxygen atoms in total. The maximum absolute atomic E-state index is 11.2. The fraction of sp³-hybridized carbons (Fsp3) is 0.267. The van der Waals surface area contributed by atoms with Crippen molar-refractivity contribution in [3.8, 4) is 11.6 Å². The molecule has 2 aromatic rings. The van der Waals surface area contributed by atoms with Crippen molar-refractivity contribution in [1.29, 1.82) is 0 Å². The molecule has 0 unspecified atom stereocenters. The molecule has 0 saturated carbocycles. The molecule has 20 heavy (non-hydrogen) atoms. The summed E-state index contributed by atoms with van der Waals surface area (Å²) >= 11 is 0. The summed E-state index contributed by atoms with van der Waals surface area (Å²) in [6.07, 6.45) is 1.57. The van der Waals surface area contributed by atoms with Gasteiger partial charge in [0.15, 0.2) is 0 Å². The van der Waals surface area contributed by atoms with Crippen molar-refractivity contribution in [3.63, 3.8) is 0 Å². The summed E-state index contributed by atoms with van der Waals surface area (Å²) in [4.78, 5) is 14.8. The average Bonchev–Trinajstić information content (AvgIpc) is 2.38. The van der Waals surface area contributed by atoms with E-state index in [9.17, 15) is 10.1 Å². The molecule has 0 N–H and O–H groups in total. The molecule has 1 heterocycles. The molecule has 0 bridgehead atoms. The van der Waals surface area contributed by atoms with Gasteiger partial charge >= 0.3 is 5.69 Å². The number of nitro benzene ring substituents is 1. The van der Waals surface area contributed by atoms with Gasteiger partial charge in [-0.05, 0) is 23.1 Å². The largest absolute Gasteiger partial charge is 0.432 e. The van der Waals surface area contributed by atoms with Gasteiger partial charge in [-0.15, -0.1) is 0 Å². The number of hydrogen-bond acceptors (Lipinski definition) is 4. The molecule has 0 saturated heterocycles. The molecule has 0 fully saturated rings. The number of rotatable bonds is 3. The van der Waals surface area contributed by atoms with E-state index in [-0.39, 0.29) is 16.9 Å². The fourth-order valence-corrected chi connectivity index (χ4v) is 1.73. The van der Waals surface area contributed by atoms with Gasteiger partial charge in [-0.2, -0.15) is 0 Å². The van der Waals surface area contributed by atoms with Gasteiger partial charge < -0.3 is 4.74 Å².